The third-order valence-electron chi connectivity index (χ3n) is 3.82. The van der Waals surface area contributed by atoms with Crippen molar-refractivity contribution < 1.29 is 5.11 Å². The number of aliphatic hydroxyl groups is 1. The summed E-state index contributed by atoms with van der Waals surface area (Å²) in [4.78, 5) is 0. The van der Waals surface area contributed by atoms with E-state index in [1.165, 1.54) is 24.8 Å². The number of piperidine rings is 1. The number of nitrogens with one attached hydrogen (secondary N) is 1. The number of aliphatic hydroxyl groups excluding tert-OH is 1. The van der Waals surface area contributed by atoms with Crippen molar-refractivity contribution in [2.45, 2.75) is 31.7 Å². The molecule has 2 atom stereocenters. The van der Waals surface area contributed by atoms with Gasteiger partial charge in [-0.15, -0.1) is 0 Å². The van der Waals surface area contributed by atoms with Gasteiger partial charge < -0.3 is 10.4 Å². The molecule has 1 fully saturated rings. The number of hydrogen-bond acceptors (Lipinski definition) is 2. The molecule has 0 spiro atoms. The molecule has 15 heavy (non-hydrogen) atoms. The Bertz CT molecular complexity index is 365. The molecular formula is C13H17NO. The largest absolute Gasteiger partial charge is 0.512 e. The molecule has 1 saturated heterocycles. The van der Waals surface area contributed by atoms with Crippen LogP contribution in [0.5, 0.6) is 0 Å². The van der Waals surface area contributed by atoms with E-state index in [0.717, 1.165) is 13.0 Å². The van der Waals surface area contributed by atoms with Crippen LogP contribution in [0.4, 0.5) is 0 Å². The van der Waals surface area contributed by atoms with Gasteiger partial charge in [-0.1, -0.05) is 12.2 Å². The zero-order chi connectivity index (χ0) is 10.3. The van der Waals surface area contributed by atoms with Crippen molar-refractivity contribution in [2.75, 3.05) is 6.54 Å². The fourth-order valence-corrected chi connectivity index (χ4v) is 3.08. The zero-order valence-electron chi connectivity index (χ0n) is 8.87. The van der Waals surface area contributed by atoms with E-state index < -0.39 is 0 Å². The van der Waals surface area contributed by atoms with Crippen LogP contribution in [0, 0.1) is 5.92 Å². The van der Waals surface area contributed by atoms with Gasteiger partial charge in [-0.2, -0.15) is 0 Å². The smallest absolute Gasteiger partial charge is 0.0997 e. The molecule has 0 amide bonds. The van der Waals surface area contributed by atoms with E-state index in [9.17, 15) is 5.11 Å². The second-order valence-corrected chi connectivity index (χ2v) is 4.67. The van der Waals surface area contributed by atoms with Gasteiger partial charge in [0.05, 0.1) is 5.76 Å². The van der Waals surface area contributed by atoms with Crippen LogP contribution < -0.4 is 5.32 Å². The number of rotatable bonds is 0. The van der Waals surface area contributed by atoms with E-state index in [0.29, 0.717) is 17.7 Å². The van der Waals surface area contributed by atoms with Crippen LogP contribution in [0.1, 0.15) is 25.7 Å². The fourth-order valence-electron chi connectivity index (χ4n) is 3.08. The molecule has 2 N–H and O–H groups in total. The number of allylic oxidation sites excluding steroid dienone is 4. The van der Waals surface area contributed by atoms with Crippen LogP contribution in [0.15, 0.2) is 35.1 Å². The lowest BCUT2D eigenvalue weighted by atomic mass is 9.74. The van der Waals surface area contributed by atoms with E-state index >= 15 is 0 Å². The normalized spacial score (nSPS) is 34.5. The van der Waals surface area contributed by atoms with Crippen LogP contribution in [0.3, 0.4) is 0 Å². The summed E-state index contributed by atoms with van der Waals surface area (Å²) >= 11 is 0. The summed E-state index contributed by atoms with van der Waals surface area (Å²) in [5.74, 6) is 0.852. The fraction of sp³-hybridized carbons (Fsp3) is 0.538. The van der Waals surface area contributed by atoms with Crippen molar-refractivity contribution in [3.63, 3.8) is 0 Å². The SMILES string of the molecule is OC1=CC=CC2=C3CCCNC3CCC12. The molecule has 3 aliphatic rings. The van der Waals surface area contributed by atoms with E-state index in [1.54, 1.807) is 5.57 Å². The highest BCUT2D eigenvalue weighted by Gasteiger charge is 2.32. The summed E-state index contributed by atoms with van der Waals surface area (Å²) in [6.07, 6.45) is 10.7. The first-order valence-electron chi connectivity index (χ1n) is 5.90. The first kappa shape index (κ1) is 9.22. The molecule has 1 aliphatic heterocycles. The van der Waals surface area contributed by atoms with E-state index in [-0.39, 0.29) is 0 Å². The van der Waals surface area contributed by atoms with Gasteiger partial charge in [-0.25, -0.2) is 0 Å². The Kier molecular flexibility index (Phi) is 2.17. The summed E-state index contributed by atoms with van der Waals surface area (Å²) in [6.45, 7) is 1.15. The third-order valence-corrected chi connectivity index (χ3v) is 3.82. The molecule has 0 aromatic heterocycles. The van der Waals surface area contributed by atoms with Crippen LogP contribution >= 0.6 is 0 Å². The average molecular weight is 203 g/mol. The summed E-state index contributed by atoms with van der Waals surface area (Å²) in [6, 6.07) is 0.584. The highest BCUT2D eigenvalue weighted by atomic mass is 16.3. The molecule has 0 radical (unpaired) electrons. The number of fused-ring (bicyclic) bond motifs is 2. The maximum atomic E-state index is 9.85. The lowest BCUT2D eigenvalue weighted by Gasteiger charge is -2.37. The second-order valence-electron chi connectivity index (χ2n) is 4.67. The van der Waals surface area contributed by atoms with Crippen molar-refractivity contribution in [3.05, 3.63) is 35.1 Å². The minimum Gasteiger partial charge on any atom is -0.512 e. The quantitative estimate of drug-likeness (QED) is 0.634. The van der Waals surface area contributed by atoms with Crippen LogP contribution in [-0.4, -0.2) is 17.7 Å². The van der Waals surface area contributed by atoms with Gasteiger partial charge in [-0.3, -0.25) is 0 Å². The Morgan fingerprint density at radius 2 is 2.27 bits per heavy atom. The minimum absolute atomic E-state index is 0.293. The van der Waals surface area contributed by atoms with E-state index in [2.05, 4.69) is 11.4 Å². The van der Waals surface area contributed by atoms with Crippen molar-refractivity contribution in [3.8, 4) is 0 Å². The Morgan fingerprint density at radius 1 is 1.33 bits per heavy atom. The maximum Gasteiger partial charge on any atom is 0.0997 e. The molecule has 0 saturated carbocycles. The predicted octanol–water partition coefficient (Wildman–Crippen LogP) is 2.46. The van der Waals surface area contributed by atoms with Crippen molar-refractivity contribution in [1.29, 1.82) is 0 Å². The lowest BCUT2D eigenvalue weighted by Crippen LogP contribution is -2.40. The van der Waals surface area contributed by atoms with Gasteiger partial charge in [0.15, 0.2) is 0 Å². The zero-order valence-corrected chi connectivity index (χ0v) is 8.87. The summed E-state index contributed by atoms with van der Waals surface area (Å²) in [5, 5.41) is 13.4. The summed E-state index contributed by atoms with van der Waals surface area (Å²) < 4.78 is 0. The Morgan fingerprint density at radius 3 is 3.20 bits per heavy atom. The Hall–Kier alpha value is -1.02. The maximum absolute atomic E-state index is 9.85. The standard InChI is InChI=1S/C13H17NO/c15-13-5-1-3-9-10-4-2-8-14-12(10)7-6-11(9)13/h1,3,5,11-12,14-15H,2,4,6-8H2. The van der Waals surface area contributed by atoms with Gasteiger partial charge >= 0.3 is 0 Å². The van der Waals surface area contributed by atoms with Crippen LogP contribution in [0.25, 0.3) is 0 Å². The molecule has 80 valence electrons. The molecule has 0 bridgehead atoms. The van der Waals surface area contributed by atoms with Crippen molar-refractivity contribution in [2.24, 2.45) is 5.92 Å². The molecule has 3 rings (SSSR count). The molecule has 2 nitrogen and oxygen atoms in total. The van der Waals surface area contributed by atoms with Gasteiger partial charge in [0, 0.05) is 12.0 Å². The molecule has 2 aliphatic carbocycles. The highest BCUT2D eigenvalue weighted by molar-refractivity contribution is 5.42. The average Bonchev–Trinajstić information content (AvgIpc) is 2.29. The molecule has 2 unspecified atom stereocenters. The van der Waals surface area contributed by atoms with Gasteiger partial charge in [0.1, 0.15) is 0 Å². The Labute approximate surface area is 90.4 Å². The summed E-state index contributed by atoms with van der Waals surface area (Å²) in [7, 11) is 0. The second kappa shape index (κ2) is 3.53. The first-order chi connectivity index (χ1) is 7.36. The van der Waals surface area contributed by atoms with Crippen molar-refractivity contribution >= 4 is 0 Å². The number of hydrogen-bond donors (Lipinski definition) is 2. The summed E-state index contributed by atoms with van der Waals surface area (Å²) in [5.41, 5.74) is 2.94. The third kappa shape index (κ3) is 1.44. The Balaban J connectivity index is 2.01. The predicted molar refractivity (Wildman–Crippen MR) is 60.6 cm³/mol. The molecule has 0 aromatic rings. The first-order valence-corrected chi connectivity index (χ1v) is 5.90. The van der Waals surface area contributed by atoms with E-state index in [1.807, 2.05) is 12.2 Å². The van der Waals surface area contributed by atoms with Crippen LogP contribution in [0.2, 0.25) is 0 Å². The topological polar surface area (TPSA) is 32.3 Å². The van der Waals surface area contributed by atoms with E-state index in [4.69, 9.17) is 0 Å². The lowest BCUT2D eigenvalue weighted by molar-refractivity contribution is 0.310. The monoisotopic (exact) mass is 203 g/mol. The van der Waals surface area contributed by atoms with Gasteiger partial charge in [-0.05, 0) is 49.5 Å². The van der Waals surface area contributed by atoms with Gasteiger partial charge in [0.2, 0.25) is 0 Å². The highest BCUT2D eigenvalue weighted by Crippen LogP contribution is 2.39. The molecular weight excluding hydrogens is 186 g/mol. The van der Waals surface area contributed by atoms with Crippen LogP contribution in [-0.2, 0) is 0 Å². The molecule has 0 aromatic carbocycles. The molecule has 1 heterocycles. The van der Waals surface area contributed by atoms with Gasteiger partial charge in [0.25, 0.3) is 0 Å². The van der Waals surface area contributed by atoms with Crippen molar-refractivity contribution in [1.82, 2.24) is 5.32 Å². The molecule has 2 heteroatoms. The minimum atomic E-state index is 0.293.